The van der Waals surface area contributed by atoms with Crippen molar-refractivity contribution < 1.29 is 19.1 Å². The summed E-state index contributed by atoms with van der Waals surface area (Å²) in [4.78, 5) is 44.6. The first-order chi connectivity index (χ1) is 21.0. The van der Waals surface area contributed by atoms with Crippen molar-refractivity contribution in [3.8, 4) is 11.5 Å². The van der Waals surface area contributed by atoms with Crippen LogP contribution in [0, 0.1) is 18.8 Å². The van der Waals surface area contributed by atoms with E-state index in [0.29, 0.717) is 38.8 Å². The van der Waals surface area contributed by atoms with Gasteiger partial charge in [0.15, 0.2) is 11.6 Å². The van der Waals surface area contributed by atoms with Crippen LogP contribution in [-0.2, 0) is 0 Å². The van der Waals surface area contributed by atoms with Crippen molar-refractivity contribution in [3.05, 3.63) is 98.9 Å². The van der Waals surface area contributed by atoms with Crippen molar-refractivity contribution in [3.63, 3.8) is 0 Å². The zero-order valence-corrected chi connectivity index (χ0v) is 26.6. The first-order valence-electron chi connectivity index (χ1n) is 14.2. The molecule has 0 aliphatic heterocycles. The Kier molecular flexibility index (Phi) is 10.1. The fourth-order valence-electron chi connectivity index (χ4n) is 4.78. The Morgan fingerprint density at radius 1 is 0.841 bits per heavy atom. The Morgan fingerprint density at radius 3 is 2.07 bits per heavy atom. The van der Waals surface area contributed by atoms with Crippen LogP contribution in [0.15, 0.2) is 71.7 Å². The standard InChI is InChI=1S/C21H22N2O3.C14H14ClNO2/c1-12(2)20(24)17-19(22-15-10-6-5-8-13(15)3)14-9-7-11-16(26-4)18(14)23-21(17)25;1-8(2)14(17)10-7-16-13-9(12(10)15)5-4-6-11(13)18-3/h5-12H,1-4H3,(H2,22,23,25);4-8H,1-3H3. The van der Waals surface area contributed by atoms with Crippen LogP contribution in [0.4, 0.5) is 11.4 Å². The van der Waals surface area contributed by atoms with Crippen LogP contribution in [0.3, 0.4) is 0 Å². The Morgan fingerprint density at radius 2 is 1.45 bits per heavy atom. The van der Waals surface area contributed by atoms with E-state index in [0.717, 1.165) is 22.0 Å². The number of hydrogen-bond donors (Lipinski definition) is 2. The molecule has 3 aromatic carbocycles. The number of anilines is 2. The Balaban J connectivity index is 0.000000215. The van der Waals surface area contributed by atoms with E-state index in [1.807, 2.05) is 75.4 Å². The smallest absolute Gasteiger partial charge is 0.261 e. The highest BCUT2D eigenvalue weighted by atomic mass is 35.5. The maximum Gasteiger partial charge on any atom is 0.261 e. The summed E-state index contributed by atoms with van der Waals surface area (Å²) in [5, 5.41) is 5.23. The molecule has 0 saturated heterocycles. The van der Waals surface area contributed by atoms with Gasteiger partial charge < -0.3 is 19.8 Å². The molecule has 0 fully saturated rings. The first kappa shape index (κ1) is 32.2. The predicted octanol–water partition coefficient (Wildman–Crippen LogP) is 8.16. The molecule has 0 atom stereocenters. The highest BCUT2D eigenvalue weighted by molar-refractivity contribution is 6.38. The number of Topliss-reactive ketones (excluding diaryl/α,β-unsaturated/α-hetero) is 2. The van der Waals surface area contributed by atoms with Crippen molar-refractivity contribution in [1.82, 2.24) is 9.97 Å². The lowest BCUT2D eigenvalue weighted by molar-refractivity contribution is 0.0932. The van der Waals surface area contributed by atoms with Crippen molar-refractivity contribution in [1.29, 1.82) is 0 Å². The zero-order chi connectivity index (χ0) is 32.1. The second-order valence-electron chi connectivity index (χ2n) is 10.9. The molecule has 8 nitrogen and oxygen atoms in total. The predicted molar refractivity (Wildman–Crippen MR) is 177 cm³/mol. The number of carbonyl (C=O) groups is 2. The minimum atomic E-state index is -0.420. The van der Waals surface area contributed by atoms with E-state index in [-0.39, 0.29) is 29.0 Å². The van der Waals surface area contributed by atoms with Gasteiger partial charge in [0.2, 0.25) is 0 Å². The van der Waals surface area contributed by atoms with E-state index < -0.39 is 5.56 Å². The van der Waals surface area contributed by atoms with Crippen molar-refractivity contribution >= 4 is 56.3 Å². The van der Waals surface area contributed by atoms with Gasteiger partial charge in [0.1, 0.15) is 22.6 Å². The molecular weight excluding hydrogens is 578 g/mol. The van der Waals surface area contributed by atoms with Gasteiger partial charge in [0.25, 0.3) is 5.56 Å². The number of fused-ring (bicyclic) bond motifs is 2. The summed E-state index contributed by atoms with van der Waals surface area (Å²) >= 11 is 6.29. The molecule has 44 heavy (non-hydrogen) atoms. The average molecular weight is 614 g/mol. The van der Waals surface area contributed by atoms with Gasteiger partial charge in [-0.15, -0.1) is 0 Å². The van der Waals surface area contributed by atoms with Crippen molar-refractivity contribution in [2.24, 2.45) is 11.8 Å². The van der Waals surface area contributed by atoms with Crippen molar-refractivity contribution in [2.75, 3.05) is 19.5 Å². The second kappa shape index (κ2) is 13.7. The summed E-state index contributed by atoms with van der Waals surface area (Å²) < 4.78 is 10.6. The van der Waals surface area contributed by atoms with Crippen molar-refractivity contribution in [2.45, 2.75) is 34.6 Å². The minimum absolute atomic E-state index is 0.00257. The lowest BCUT2D eigenvalue weighted by Gasteiger charge is -2.17. The van der Waals surface area contributed by atoms with E-state index in [2.05, 4.69) is 15.3 Å². The van der Waals surface area contributed by atoms with Gasteiger partial charge in [-0.2, -0.15) is 0 Å². The third kappa shape index (κ3) is 6.45. The number of halogens is 1. The summed E-state index contributed by atoms with van der Waals surface area (Å²) in [7, 11) is 3.13. The largest absolute Gasteiger partial charge is 0.495 e. The molecule has 0 aliphatic carbocycles. The van der Waals surface area contributed by atoms with Crippen LogP contribution in [0.5, 0.6) is 11.5 Å². The third-order valence-electron chi connectivity index (χ3n) is 7.21. The van der Waals surface area contributed by atoms with E-state index in [1.165, 1.54) is 6.20 Å². The molecule has 0 saturated carbocycles. The number of ketones is 2. The molecule has 9 heteroatoms. The van der Waals surface area contributed by atoms with Crippen LogP contribution in [0.1, 0.15) is 54.0 Å². The number of benzene rings is 3. The number of nitrogens with zero attached hydrogens (tertiary/aromatic N) is 1. The summed E-state index contributed by atoms with van der Waals surface area (Å²) in [5.41, 5.74) is 3.80. The van der Waals surface area contributed by atoms with Gasteiger partial charge in [-0.1, -0.05) is 81.8 Å². The number of aryl methyl sites for hydroxylation is 1. The fraction of sp³-hybridized carbons (Fsp3) is 0.257. The summed E-state index contributed by atoms with van der Waals surface area (Å²) in [5.74, 6) is 0.599. The van der Waals surface area contributed by atoms with Crippen LogP contribution in [0.25, 0.3) is 21.8 Å². The molecule has 2 heterocycles. The first-order valence-corrected chi connectivity index (χ1v) is 14.6. The number of methoxy groups -OCH3 is 2. The molecule has 0 bridgehead atoms. The lowest BCUT2D eigenvalue weighted by Crippen LogP contribution is -2.23. The summed E-state index contributed by atoms with van der Waals surface area (Å²) in [6, 6.07) is 18.7. The second-order valence-corrected chi connectivity index (χ2v) is 11.3. The molecular formula is C35H36ClN3O5. The van der Waals surface area contributed by atoms with E-state index in [1.54, 1.807) is 34.1 Å². The Hall–Kier alpha value is -4.69. The summed E-state index contributed by atoms with van der Waals surface area (Å²) in [6.45, 7) is 9.23. The maximum absolute atomic E-state index is 12.8. The minimum Gasteiger partial charge on any atom is -0.495 e. The summed E-state index contributed by atoms with van der Waals surface area (Å²) in [6.07, 6.45) is 1.52. The number of carbonyl (C=O) groups excluding carboxylic acids is 2. The van der Waals surface area contributed by atoms with Crippen LogP contribution in [-0.4, -0.2) is 35.8 Å². The Labute approximate surface area is 261 Å². The number of aromatic nitrogens is 2. The van der Waals surface area contributed by atoms with E-state index in [9.17, 15) is 14.4 Å². The normalized spacial score (nSPS) is 11.0. The highest BCUT2D eigenvalue weighted by Crippen LogP contribution is 2.34. The molecule has 0 radical (unpaired) electrons. The zero-order valence-electron chi connectivity index (χ0n) is 25.9. The van der Waals surface area contributed by atoms with Crippen LogP contribution >= 0.6 is 11.6 Å². The number of hydrogen-bond acceptors (Lipinski definition) is 7. The topological polar surface area (TPSA) is 110 Å². The number of aromatic amines is 1. The maximum atomic E-state index is 12.8. The number of nitrogens with one attached hydrogen (secondary N) is 2. The molecule has 0 aliphatic rings. The number of H-pyrrole nitrogens is 1. The van der Waals surface area contributed by atoms with Gasteiger partial charge in [0.05, 0.1) is 36.0 Å². The average Bonchev–Trinajstić information content (AvgIpc) is 3.01. The molecule has 2 N–H and O–H groups in total. The highest BCUT2D eigenvalue weighted by Gasteiger charge is 2.23. The monoisotopic (exact) mass is 613 g/mol. The van der Waals surface area contributed by atoms with Gasteiger partial charge in [-0.25, -0.2) is 0 Å². The molecule has 2 aromatic heterocycles. The number of pyridine rings is 2. The Bertz CT molecular complexity index is 1910. The number of ether oxygens (including phenoxy) is 2. The number of para-hydroxylation sites is 3. The fourth-order valence-corrected chi connectivity index (χ4v) is 5.07. The van der Waals surface area contributed by atoms with Gasteiger partial charge >= 0.3 is 0 Å². The van der Waals surface area contributed by atoms with Crippen LogP contribution < -0.4 is 20.3 Å². The molecule has 0 spiro atoms. The van der Waals surface area contributed by atoms with Gasteiger partial charge in [0, 0.05) is 34.5 Å². The van der Waals surface area contributed by atoms with E-state index in [4.69, 9.17) is 21.1 Å². The molecule has 228 valence electrons. The molecule has 5 rings (SSSR count). The van der Waals surface area contributed by atoms with Gasteiger partial charge in [-0.3, -0.25) is 19.4 Å². The van der Waals surface area contributed by atoms with Crippen LogP contribution in [0.2, 0.25) is 5.02 Å². The van der Waals surface area contributed by atoms with E-state index >= 15 is 0 Å². The molecule has 0 unspecified atom stereocenters. The number of rotatable bonds is 8. The quantitative estimate of drug-likeness (QED) is 0.170. The molecule has 5 aromatic rings. The third-order valence-corrected chi connectivity index (χ3v) is 7.62. The van der Waals surface area contributed by atoms with Gasteiger partial charge in [-0.05, 0) is 30.7 Å². The SMILES string of the molecule is COc1cccc2c(Cl)c(C(=O)C(C)C)cnc12.COc1cccc2c(Nc3ccccc3C)c(C(=O)C(C)C)c(=O)[nH]c12. The molecule has 0 amide bonds. The lowest BCUT2D eigenvalue weighted by atomic mass is 9.98.